The fourth-order valence-corrected chi connectivity index (χ4v) is 3.82. The molecule has 172 valence electrons. The third-order valence-corrected chi connectivity index (χ3v) is 5.87. The van der Waals surface area contributed by atoms with Crippen molar-refractivity contribution in [1.82, 2.24) is 14.9 Å². The van der Waals surface area contributed by atoms with Crippen molar-refractivity contribution in [2.45, 2.75) is 38.7 Å². The van der Waals surface area contributed by atoms with Gasteiger partial charge in [0.1, 0.15) is 6.54 Å². The molecule has 0 radical (unpaired) electrons. The van der Waals surface area contributed by atoms with Crippen molar-refractivity contribution in [3.8, 4) is 0 Å². The molecule has 1 heterocycles. The molecular weight excluding hydrogens is 440 g/mol. The van der Waals surface area contributed by atoms with Crippen LogP contribution in [0.3, 0.4) is 0 Å². The molecule has 0 saturated heterocycles. The maximum atomic E-state index is 12.5. The van der Waals surface area contributed by atoms with Crippen molar-refractivity contribution in [3.05, 3.63) is 77.1 Å². The van der Waals surface area contributed by atoms with Gasteiger partial charge < -0.3 is 20.3 Å². The highest BCUT2D eigenvalue weighted by atomic mass is 32.2. The lowest BCUT2D eigenvalue weighted by molar-refractivity contribution is -0.122. The van der Waals surface area contributed by atoms with Gasteiger partial charge >= 0.3 is 0 Å². The molecule has 33 heavy (non-hydrogen) atoms. The second-order valence-electron chi connectivity index (χ2n) is 7.51. The van der Waals surface area contributed by atoms with Gasteiger partial charge in [-0.25, -0.2) is 4.98 Å². The Morgan fingerprint density at radius 2 is 1.73 bits per heavy atom. The zero-order valence-corrected chi connectivity index (χ0v) is 19.3. The number of aryl methyl sites for hydroxylation is 1. The number of Topliss-reactive ketones (excluding diaryl/α,β-unsaturated/α-hetero) is 1. The number of amides is 2. The number of aliphatic hydroxyl groups is 1. The smallest absolute Gasteiger partial charge is 0.240 e. The van der Waals surface area contributed by atoms with Crippen LogP contribution in [0.1, 0.15) is 34.1 Å². The number of carbonyl (C=O) groups is 3. The second kappa shape index (κ2) is 11.4. The minimum absolute atomic E-state index is 0.0157. The van der Waals surface area contributed by atoms with E-state index in [2.05, 4.69) is 15.6 Å². The first kappa shape index (κ1) is 24.2. The molecule has 0 fully saturated rings. The first-order chi connectivity index (χ1) is 15.9. The molecular formula is C24H26N4O4S. The van der Waals surface area contributed by atoms with Crippen LogP contribution in [0.5, 0.6) is 0 Å². The molecule has 8 nitrogen and oxygen atoms in total. The summed E-state index contributed by atoms with van der Waals surface area (Å²) >= 11 is 1.17. The summed E-state index contributed by atoms with van der Waals surface area (Å²) in [6.45, 7) is 3.60. The molecule has 0 aliphatic carbocycles. The maximum Gasteiger partial charge on any atom is 0.240 e. The fraction of sp³-hybridized carbons (Fsp3) is 0.250. The maximum absolute atomic E-state index is 12.5. The quantitative estimate of drug-likeness (QED) is 0.313. The van der Waals surface area contributed by atoms with Crippen LogP contribution in [0.25, 0.3) is 0 Å². The molecule has 9 heteroatoms. The van der Waals surface area contributed by atoms with E-state index in [0.717, 1.165) is 11.1 Å². The lowest BCUT2D eigenvalue weighted by Gasteiger charge is -2.11. The highest BCUT2D eigenvalue weighted by molar-refractivity contribution is 7.99. The van der Waals surface area contributed by atoms with Gasteiger partial charge in [-0.3, -0.25) is 14.4 Å². The lowest BCUT2D eigenvalue weighted by Crippen LogP contribution is -2.28. The Kier molecular flexibility index (Phi) is 8.39. The van der Waals surface area contributed by atoms with E-state index >= 15 is 0 Å². The zero-order chi connectivity index (χ0) is 23.8. The number of thioether (sulfide) groups is 1. The highest BCUT2D eigenvalue weighted by Gasteiger charge is 2.15. The minimum atomic E-state index is -0.270. The van der Waals surface area contributed by atoms with Gasteiger partial charge in [0.2, 0.25) is 11.8 Å². The predicted molar refractivity (Wildman–Crippen MR) is 127 cm³/mol. The van der Waals surface area contributed by atoms with Gasteiger partial charge in [0.15, 0.2) is 10.9 Å². The van der Waals surface area contributed by atoms with Crippen LogP contribution in [0.2, 0.25) is 0 Å². The van der Waals surface area contributed by atoms with Gasteiger partial charge in [0, 0.05) is 17.8 Å². The van der Waals surface area contributed by atoms with Crippen LogP contribution in [0.4, 0.5) is 5.69 Å². The van der Waals surface area contributed by atoms with Crippen LogP contribution < -0.4 is 10.6 Å². The number of ketones is 1. The molecule has 3 rings (SSSR count). The van der Waals surface area contributed by atoms with E-state index in [0.29, 0.717) is 28.6 Å². The Morgan fingerprint density at radius 3 is 2.36 bits per heavy atom. The van der Waals surface area contributed by atoms with Gasteiger partial charge in [0.25, 0.3) is 0 Å². The summed E-state index contributed by atoms with van der Waals surface area (Å²) in [6.07, 6.45) is 1.49. The normalized spacial score (nSPS) is 10.6. The Balaban J connectivity index is 1.55. The molecule has 0 spiro atoms. The summed E-state index contributed by atoms with van der Waals surface area (Å²) in [5, 5.41) is 15.7. The number of benzene rings is 2. The van der Waals surface area contributed by atoms with Crippen LogP contribution in [0.15, 0.2) is 59.9 Å². The highest BCUT2D eigenvalue weighted by Crippen LogP contribution is 2.20. The third kappa shape index (κ3) is 7.03. The van der Waals surface area contributed by atoms with Crippen LogP contribution in [0, 0.1) is 6.92 Å². The van der Waals surface area contributed by atoms with Crippen molar-refractivity contribution in [1.29, 1.82) is 0 Å². The summed E-state index contributed by atoms with van der Waals surface area (Å²) in [7, 11) is 0. The summed E-state index contributed by atoms with van der Waals surface area (Å²) in [4.78, 5) is 40.4. The van der Waals surface area contributed by atoms with Crippen LogP contribution in [-0.2, 0) is 29.3 Å². The van der Waals surface area contributed by atoms with E-state index < -0.39 is 0 Å². The molecule has 2 amide bonds. The summed E-state index contributed by atoms with van der Waals surface area (Å²) in [6, 6.07) is 14.5. The van der Waals surface area contributed by atoms with E-state index in [1.165, 1.54) is 24.9 Å². The molecule has 0 unspecified atom stereocenters. The van der Waals surface area contributed by atoms with Crippen molar-refractivity contribution >= 4 is 35.0 Å². The molecule has 0 atom stereocenters. The number of nitrogens with zero attached hydrogens (tertiary/aromatic N) is 2. The van der Waals surface area contributed by atoms with E-state index in [-0.39, 0.29) is 36.5 Å². The first-order valence-corrected chi connectivity index (χ1v) is 11.4. The average Bonchev–Trinajstić information content (AvgIpc) is 3.19. The fourth-order valence-electron chi connectivity index (χ4n) is 3.02. The van der Waals surface area contributed by atoms with Crippen molar-refractivity contribution in [2.75, 3.05) is 11.1 Å². The standard InChI is InChI=1S/C24H26N4O4S/c1-16-3-5-18(6-4-16)11-25-22(31)13-28-21(14-29)12-26-24(28)33-15-23(32)27-20-9-7-19(8-10-20)17(2)30/h3-10,12,29H,11,13-15H2,1-2H3,(H,25,31)(H,27,32). The van der Waals surface area contributed by atoms with E-state index in [4.69, 9.17) is 0 Å². The topological polar surface area (TPSA) is 113 Å². The van der Waals surface area contributed by atoms with Gasteiger partial charge in [-0.15, -0.1) is 0 Å². The summed E-state index contributed by atoms with van der Waals surface area (Å²) in [5.74, 6) is -0.445. The number of hydrogen-bond donors (Lipinski definition) is 3. The number of nitrogens with one attached hydrogen (secondary N) is 2. The number of hydrogen-bond acceptors (Lipinski definition) is 6. The van der Waals surface area contributed by atoms with Gasteiger partial charge in [-0.05, 0) is 43.7 Å². The third-order valence-electron chi connectivity index (χ3n) is 4.88. The van der Waals surface area contributed by atoms with Crippen molar-refractivity contribution in [3.63, 3.8) is 0 Å². The van der Waals surface area contributed by atoms with Crippen LogP contribution in [-0.4, -0.2) is 38.0 Å². The van der Waals surface area contributed by atoms with Crippen molar-refractivity contribution in [2.24, 2.45) is 0 Å². The largest absolute Gasteiger partial charge is 0.390 e. The number of aromatic nitrogens is 2. The Bertz CT molecular complexity index is 1120. The lowest BCUT2D eigenvalue weighted by atomic mass is 10.1. The van der Waals surface area contributed by atoms with Gasteiger partial charge in [-0.1, -0.05) is 41.6 Å². The average molecular weight is 467 g/mol. The molecule has 2 aromatic carbocycles. The van der Waals surface area contributed by atoms with Crippen molar-refractivity contribution < 1.29 is 19.5 Å². The molecule has 3 aromatic rings. The SMILES string of the molecule is CC(=O)c1ccc(NC(=O)CSc2ncc(CO)n2CC(=O)NCc2ccc(C)cc2)cc1. The minimum Gasteiger partial charge on any atom is -0.390 e. The Morgan fingerprint density at radius 1 is 1.03 bits per heavy atom. The van der Waals surface area contributed by atoms with Crippen LogP contribution >= 0.6 is 11.8 Å². The molecule has 3 N–H and O–H groups in total. The summed E-state index contributed by atoms with van der Waals surface area (Å²) < 4.78 is 1.60. The first-order valence-electron chi connectivity index (χ1n) is 10.4. The second-order valence-corrected chi connectivity index (χ2v) is 8.45. The molecule has 0 aliphatic rings. The Labute approximate surface area is 196 Å². The van der Waals surface area contributed by atoms with E-state index in [1.807, 2.05) is 31.2 Å². The number of carbonyl (C=O) groups excluding carboxylic acids is 3. The van der Waals surface area contributed by atoms with E-state index in [9.17, 15) is 19.5 Å². The monoisotopic (exact) mass is 466 g/mol. The number of anilines is 1. The Hall–Kier alpha value is -3.43. The van der Waals surface area contributed by atoms with E-state index in [1.54, 1.807) is 28.8 Å². The number of imidazole rings is 1. The zero-order valence-electron chi connectivity index (χ0n) is 18.5. The molecule has 0 bridgehead atoms. The molecule has 1 aromatic heterocycles. The number of aliphatic hydroxyl groups excluding tert-OH is 1. The predicted octanol–water partition coefficient (Wildman–Crippen LogP) is 2.93. The summed E-state index contributed by atoms with van der Waals surface area (Å²) in [5.41, 5.74) is 3.78. The molecule has 0 aliphatic heterocycles. The van der Waals surface area contributed by atoms with Gasteiger partial charge in [0.05, 0.1) is 24.3 Å². The molecule has 0 saturated carbocycles. The number of rotatable bonds is 10. The van der Waals surface area contributed by atoms with Gasteiger partial charge in [-0.2, -0.15) is 0 Å².